The molecule has 5 heteroatoms. The third-order valence-electron chi connectivity index (χ3n) is 5.01. The highest BCUT2D eigenvalue weighted by atomic mass is 32.1. The van der Waals surface area contributed by atoms with Gasteiger partial charge in [-0.05, 0) is 35.7 Å². The van der Waals surface area contributed by atoms with Crippen LogP contribution in [0.2, 0.25) is 0 Å². The number of benzene rings is 3. The van der Waals surface area contributed by atoms with Crippen molar-refractivity contribution in [2.75, 3.05) is 11.9 Å². The lowest BCUT2D eigenvalue weighted by molar-refractivity contribution is 0.0503. The molecule has 4 aromatic rings. The first kappa shape index (κ1) is 20.8. The van der Waals surface area contributed by atoms with Gasteiger partial charge in [0.2, 0.25) is 0 Å². The van der Waals surface area contributed by atoms with E-state index < -0.39 is 5.97 Å². The van der Waals surface area contributed by atoms with Crippen LogP contribution in [0.3, 0.4) is 0 Å². The maximum Gasteiger partial charge on any atom is 0.341 e. The number of fused-ring (bicyclic) bond motifs is 1. The predicted octanol–water partition coefficient (Wildman–Crippen LogP) is 6.78. The summed E-state index contributed by atoms with van der Waals surface area (Å²) in [5.41, 5.74) is 3.09. The van der Waals surface area contributed by atoms with Crippen LogP contribution in [0, 0.1) is 0 Å². The van der Waals surface area contributed by atoms with E-state index in [0.29, 0.717) is 22.7 Å². The van der Waals surface area contributed by atoms with Gasteiger partial charge in [0.15, 0.2) is 0 Å². The molecule has 0 bridgehead atoms. The van der Waals surface area contributed by atoms with Gasteiger partial charge in [-0.25, -0.2) is 4.79 Å². The molecule has 156 valence electrons. The van der Waals surface area contributed by atoms with E-state index in [-0.39, 0.29) is 5.91 Å². The predicted molar refractivity (Wildman–Crippen MR) is 127 cm³/mol. The molecule has 0 saturated heterocycles. The minimum absolute atomic E-state index is 0.256. The van der Waals surface area contributed by atoms with Gasteiger partial charge in [0.05, 0.1) is 6.61 Å². The fourth-order valence-electron chi connectivity index (χ4n) is 3.34. The number of carbonyl (C=O) groups is 2. The highest BCUT2D eigenvalue weighted by molar-refractivity contribution is 7.23. The van der Waals surface area contributed by atoms with Crippen molar-refractivity contribution in [1.82, 2.24) is 0 Å². The molecule has 0 aliphatic rings. The first-order chi connectivity index (χ1) is 15.2. The summed E-state index contributed by atoms with van der Waals surface area (Å²) >= 11 is 1.38. The minimum Gasteiger partial charge on any atom is -0.462 e. The molecule has 0 unspecified atom stereocenters. The SMILES string of the molecule is CCCCOC(=O)c1c(NC(=O)c2ccc(-c3ccccc3)cc2)sc2ccccc12. The van der Waals surface area contributed by atoms with Crippen LogP contribution in [0.4, 0.5) is 5.00 Å². The van der Waals surface area contributed by atoms with Crippen LogP contribution >= 0.6 is 11.3 Å². The summed E-state index contributed by atoms with van der Waals surface area (Å²) in [7, 11) is 0. The van der Waals surface area contributed by atoms with Crippen LogP contribution in [-0.4, -0.2) is 18.5 Å². The number of carbonyl (C=O) groups excluding carboxylic acids is 2. The lowest BCUT2D eigenvalue weighted by Crippen LogP contribution is -2.14. The van der Waals surface area contributed by atoms with Gasteiger partial charge in [-0.3, -0.25) is 4.79 Å². The molecule has 3 aromatic carbocycles. The van der Waals surface area contributed by atoms with Crippen LogP contribution in [-0.2, 0) is 4.74 Å². The number of anilines is 1. The summed E-state index contributed by atoms with van der Waals surface area (Å²) in [5.74, 6) is -0.658. The van der Waals surface area contributed by atoms with E-state index in [0.717, 1.165) is 34.1 Å². The smallest absolute Gasteiger partial charge is 0.341 e. The Morgan fingerprint density at radius 3 is 2.29 bits per heavy atom. The molecule has 1 N–H and O–H groups in total. The Bertz CT molecular complexity index is 1200. The topological polar surface area (TPSA) is 55.4 Å². The van der Waals surface area contributed by atoms with E-state index in [2.05, 4.69) is 5.32 Å². The lowest BCUT2D eigenvalue weighted by Gasteiger charge is -2.08. The zero-order valence-electron chi connectivity index (χ0n) is 17.3. The second-order valence-electron chi connectivity index (χ2n) is 7.19. The fourth-order valence-corrected chi connectivity index (χ4v) is 4.42. The Kier molecular flexibility index (Phi) is 6.43. The van der Waals surface area contributed by atoms with Crippen LogP contribution in [0.25, 0.3) is 21.2 Å². The van der Waals surface area contributed by atoms with Crippen molar-refractivity contribution in [3.8, 4) is 11.1 Å². The van der Waals surface area contributed by atoms with E-state index in [4.69, 9.17) is 4.74 Å². The molecule has 1 amide bonds. The third-order valence-corrected chi connectivity index (χ3v) is 6.10. The van der Waals surface area contributed by atoms with Crippen molar-refractivity contribution < 1.29 is 14.3 Å². The van der Waals surface area contributed by atoms with E-state index in [1.807, 2.05) is 73.7 Å². The summed E-state index contributed by atoms with van der Waals surface area (Å²) in [6.07, 6.45) is 1.75. The molecule has 31 heavy (non-hydrogen) atoms. The molecule has 4 rings (SSSR count). The van der Waals surface area contributed by atoms with Crippen LogP contribution in [0.1, 0.15) is 40.5 Å². The number of rotatable bonds is 7. The summed E-state index contributed by atoms with van der Waals surface area (Å²) in [5, 5.41) is 4.23. The Morgan fingerprint density at radius 1 is 0.871 bits per heavy atom. The highest BCUT2D eigenvalue weighted by Crippen LogP contribution is 2.36. The van der Waals surface area contributed by atoms with Gasteiger partial charge in [0.1, 0.15) is 10.6 Å². The number of ether oxygens (including phenoxy) is 1. The van der Waals surface area contributed by atoms with Gasteiger partial charge in [0, 0.05) is 15.6 Å². The molecule has 0 atom stereocenters. The van der Waals surface area contributed by atoms with E-state index in [9.17, 15) is 9.59 Å². The van der Waals surface area contributed by atoms with Gasteiger partial charge >= 0.3 is 5.97 Å². The van der Waals surface area contributed by atoms with Crippen molar-refractivity contribution in [2.24, 2.45) is 0 Å². The number of esters is 1. The Balaban J connectivity index is 1.58. The fraction of sp³-hybridized carbons (Fsp3) is 0.154. The summed E-state index contributed by atoms with van der Waals surface area (Å²) in [6.45, 7) is 2.41. The average Bonchev–Trinajstić information content (AvgIpc) is 3.17. The molecule has 0 radical (unpaired) electrons. The number of amides is 1. The van der Waals surface area contributed by atoms with Crippen LogP contribution in [0.5, 0.6) is 0 Å². The molecule has 0 fully saturated rings. The zero-order valence-corrected chi connectivity index (χ0v) is 18.1. The van der Waals surface area contributed by atoms with E-state index >= 15 is 0 Å². The second-order valence-corrected chi connectivity index (χ2v) is 8.24. The molecule has 0 saturated carbocycles. The normalized spacial score (nSPS) is 10.7. The number of hydrogen-bond acceptors (Lipinski definition) is 4. The van der Waals surface area contributed by atoms with Crippen molar-refractivity contribution in [3.05, 3.63) is 90.0 Å². The first-order valence-electron chi connectivity index (χ1n) is 10.3. The van der Waals surface area contributed by atoms with Crippen LogP contribution < -0.4 is 5.32 Å². The monoisotopic (exact) mass is 429 g/mol. The van der Waals surface area contributed by atoms with Crippen molar-refractivity contribution in [2.45, 2.75) is 19.8 Å². The van der Waals surface area contributed by atoms with Gasteiger partial charge in [-0.15, -0.1) is 11.3 Å². The van der Waals surface area contributed by atoms with E-state index in [1.54, 1.807) is 12.1 Å². The largest absolute Gasteiger partial charge is 0.462 e. The second kappa shape index (κ2) is 9.58. The van der Waals surface area contributed by atoms with Gasteiger partial charge in [-0.1, -0.05) is 74.0 Å². The Labute approximate surface area is 185 Å². The molecule has 0 aliphatic carbocycles. The number of thiophene rings is 1. The quantitative estimate of drug-likeness (QED) is 0.260. The molecule has 0 aliphatic heterocycles. The van der Waals surface area contributed by atoms with Crippen molar-refractivity contribution in [3.63, 3.8) is 0 Å². The third kappa shape index (κ3) is 4.67. The number of nitrogens with one attached hydrogen (secondary N) is 1. The first-order valence-corrected chi connectivity index (χ1v) is 11.1. The lowest BCUT2D eigenvalue weighted by atomic mass is 10.0. The maximum atomic E-state index is 12.9. The van der Waals surface area contributed by atoms with E-state index in [1.165, 1.54) is 11.3 Å². The van der Waals surface area contributed by atoms with Gasteiger partial charge in [-0.2, -0.15) is 0 Å². The van der Waals surface area contributed by atoms with Crippen molar-refractivity contribution in [1.29, 1.82) is 0 Å². The summed E-state index contributed by atoms with van der Waals surface area (Å²) in [4.78, 5) is 25.7. The summed E-state index contributed by atoms with van der Waals surface area (Å²) < 4.78 is 6.37. The maximum absolute atomic E-state index is 12.9. The van der Waals surface area contributed by atoms with Gasteiger partial charge < -0.3 is 10.1 Å². The Morgan fingerprint density at radius 2 is 1.55 bits per heavy atom. The minimum atomic E-state index is -0.402. The number of hydrogen-bond donors (Lipinski definition) is 1. The van der Waals surface area contributed by atoms with Crippen LogP contribution in [0.15, 0.2) is 78.9 Å². The molecule has 0 spiro atoms. The molecule has 1 aromatic heterocycles. The Hall–Kier alpha value is -3.44. The summed E-state index contributed by atoms with van der Waals surface area (Å²) in [6, 6.07) is 25.1. The molecule has 1 heterocycles. The van der Waals surface area contributed by atoms with Gasteiger partial charge in [0.25, 0.3) is 5.91 Å². The molecular weight excluding hydrogens is 406 g/mol. The molecular formula is C26H23NO3S. The number of unbranched alkanes of at least 4 members (excludes halogenated alkanes) is 1. The molecule has 4 nitrogen and oxygen atoms in total. The standard InChI is InChI=1S/C26H23NO3S/c1-2-3-17-30-26(29)23-21-11-7-8-12-22(21)31-25(23)27-24(28)20-15-13-19(14-16-20)18-9-5-4-6-10-18/h4-16H,2-3,17H2,1H3,(H,27,28). The van der Waals surface area contributed by atoms with Crippen molar-refractivity contribution >= 4 is 38.3 Å². The average molecular weight is 430 g/mol. The zero-order chi connectivity index (χ0) is 21.6. The highest BCUT2D eigenvalue weighted by Gasteiger charge is 2.22.